The first-order valence-electron chi connectivity index (χ1n) is 9.76. The molecule has 0 N–H and O–H groups in total. The summed E-state index contributed by atoms with van der Waals surface area (Å²) in [6, 6.07) is 3.96. The van der Waals surface area contributed by atoms with E-state index in [9.17, 15) is 4.39 Å². The van der Waals surface area contributed by atoms with E-state index in [0.29, 0.717) is 5.02 Å². The van der Waals surface area contributed by atoms with Crippen LogP contribution in [0.25, 0.3) is 5.57 Å². The Morgan fingerprint density at radius 3 is 2.46 bits per heavy atom. The number of hydrogen-bond acceptors (Lipinski definition) is 0. The smallest absolute Gasteiger partial charge is 0.149 e. The van der Waals surface area contributed by atoms with Crippen LogP contribution in [0.4, 0.5) is 4.39 Å². The summed E-state index contributed by atoms with van der Waals surface area (Å²) in [5.41, 5.74) is 2.83. The summed E-state index contributed by atoms with van der Waals surface area (Å²) in [7, 11) is 0. The number of rotatable bonds is 4. The topological polar surface area (TPSA) is 0 Å². The van der Waals surface area contributed by atoms with Crippen molar-refractivity contribution in [3.8, 4) is 0 Å². The van der Waals surface area contributed by atoms with Crippen LogP contribution in [0.1, 0.15) is 76.3 Å². The molecule has 24 heavy (non-hydrogen) atoms. The van der Waals surface area contributed by atoms with Crippen LogP contribution < -0.4 is 0 Å². The molecule has 1 aromatic carbocycles. The summed E-state index contributed by atoms with van der Waals surface area (Å²) in [4.78, 5) is 0. The van der Waals surface area contributed by atoms with Gasteiger partial charge < -0.3 is 0 Å². The van der Waals surface area contributed by atoms with Gasteiger partial charge in [-0.05, 0) is 67.4 Å². The Labute approximate surface area is 151 Å². The van der Waals surface area contributed by atoms with Gasteiger partial charge in [0.1, 0.15) is 5.82 Å². The van der Waals surface area contributed by atoms with Crippen LogP contribution in [0.15, 0.2) is 18.2 Å². The molecule has 0 amide bonds. The SMILES string of the molecule is CCCc1ccc(C2=CCC(C3CCC(C)CC3)CC2)c(F)c1Cl. The third kappa shape index (κ3) is 3.87. The predicted octanol–water partition coefficient (Wildman–Crippen LogP) is 7.44. The second kappa shape index (κ2) is 8.04. The van der Waals surface area contributed by atoms with E-state index in [1.165, 1.54) is 32.1 Å². The molecular weight excluding hydrogens is 319 g/mol. The highest BCUT2D eigenvalue weighted by molar-refractivity contribution is 6.31. The predicted molar refractivity (Wildman–Crippen MR) is 102 cm³/mol. The fraction of sp³-hybridized carbons (Fsp3) is 0.636. The van der Waals surface area contributed by atoms with Crippen molar-refractivity contribution in [2.24, 2.45) is 17.8 Å². The molecule has 0 aliphatic heterocycles. The van der Waals surface area contributed by atoms with Crippen LogP contribution in [0.5, 0.6) is 0 Å². The highest BCUT2D eigenvalue weighted by atomic mass is 35.5. The molecule has 1 fully saturated rings. The minimum Gasteiger partial charge on any atom is -0.205 e. The fourth-order valence-electron chi connectivity index (χ4n) is 4.58. The Balaban J connectivity index is 1.70. The molecule has 2 aliphatic rings. The molecule has 1 aromatic rings. The number of halogens is 2. The molecular formula is C22H30ClF. The normalized spacial score (nSPS) is 27.8. The zero-order valence-electron chi connectivity index (χ0n) is 15.1. The monoisotopic (exact) mass is 348 g/mol. The van der Waals surface area contributed by atoms with E-state index in [-0.39, 0.29) is 5.82 Å². The molecule has 0 spiro atoms. The second-order valence-corrected chi connectivity index (χ2v) is 8.31. The van der Waals surface area contributed by atoms with Crippen molar-refractivity contribution in [2.45, 2.75) is 71.6 Å². The van der Waals surface area contributed by atoms with E-state index in [1.54, 1.807) is 0 Å². The highest BCUT2D eigenvalue weighted by Gasteiger charge is 2.28. The number of benzene rings is 1. The van der Waals surface area contributed by atoms with E-state index in [1.807, 2.05) is 12.1 Å². The highest BCUT2D eigenvalue weighted by Crippen LogP contribution is 2.42. The Hall–Kier alpha value is -0.820. The van der Waals surface area contributed by atoms with Crippen LogP contribution in [0.2, 0.25) is 5.02 Å². The van der Waals surface area contributed by atoms with Crippen LogP contribution in [0.3, 0.4) is 0 Å². The minimum atomic E-state index is -0.209. The number of hydrogen-bond donors (Lipinski definition) is 0. The second-order valence-electron chi connectivity index (χ2n) is 7.93. The first kappa shape index (κ1) is 18.0. The first-order chi connectivity index (χ1) is 11.6. The van der Waals surface area contributed by atoms with Gasteiger partial charge >= 0.3 is 0 Å². The maximum absolute atomic E-state index is 14.7. The van der Waals surface area contributed by atoms with Crippen molar-refractivity contribution < 1.29 is 4.39 Å². The quantitative estimate of drug-likeness (QED) is 0.530. The van der Waals surface area contributed by atoms with Gasteiger partial charge in [0.05, 0.1) is 5.02 Å². The third-order valence-corrected chi connectivity index (χ3v) is 6.61. The molecule has 3 rings (SSSR count). The summed E-state index contributed by atoms with van der Waals surface area (Å²) in [5, 5.41) is 0.332. The summed E-state index contributed by atoms with van der Waals surface area (Å²) in [6.45, 7) is 4.47. The van der Waals surface area contributed by atoms with Gasteiger partial charge in [0.2, 0.25) is 0 Å². The van der Waals surface area contributed by atoms with Gasteiger partial charge in [0.15, 0.2) is 0 Å². The van der Waals surface area contributed by atoms with Crippen LogP contribution in [0, 0.1) is 23.6 Å². The molecule has 0 saturated heterocycles. The molecule has 0 heterocycles. The van der Waals surface area contributed by atoms with E-state index >= 15 is 0 Å². The van der Waals surface area contributed by atoms with E-state index < -0.39 is 0 Å². The number of allylic oxidation sites excluding steroid dienone is 2. The van der Waals surface area contributed by atoms with E-state index in [2.05, 4.69) is 19.9 Å². The van der Waals surface area contributed by atoms with Crippen molar-refractivity contribution in [3.63, 3.8) is 0 Å². The van der Waals surface area contributed by atoms with Crippen molar-refractivity contribution >= 4 is 17.2 Å². The molecule has 0 bridgehead atoms. The van der Waals surface area contributed by atoms with Gasteiger partial charge in [-0.3, -0.25) is 0 Å². The minimum absolute atomic E-state index is 0.209. The molecule has 1 saturated carbocycles. The lowest BCUT2D eigenvalue weighted by molar-refractivity contribution is 0.202. The number of aryl methyl sites for hydroxylation is 1. The average Bonchev–Trinajstić information content (AvgIpc) is 2.60. The Kier molecular flexibility index (Phi) is 6.02. The third-order valence-electron chi connectivity index (χ3n) is 6.21. The summed E-state index contributed by atoms with van der Waals surface area (Å²) >= 11 is 6.26. The van der Waals surface area contributed by atoms with Crippen LogP contribution >= 0.6 is 11.6 Å². The van der Waals surface area contributed by atoms with Crippen molar-refractivity contribution in [1.82, 2.24) is 0 Å². The summed E-state index contributed by atoms with van der Waals surface area (Å²) in [5.74, 6) is 2.39. The molecule has 132 valence electrons. The van der Waals surface area contributed by atoms with Gasteiger partial charge in [0, 0.05) is 5.56 Å². The van der Waals surface area contributed by atoms with Crippen molar-refractivity contribution in [1.29, 1.82) is 0 Å². The van der Waals surface area contributed by atoms with Crippen LogP contribution in [-0.4, -0.2) is 0 Å². The van der Waals surface area contributed by atoms with Crippen LogP contribution in [-0.2, 0) is 6.42 Å². The lowest BCUT2D eigenvalue weighted by Gasteiger charge is -2.34. The summed E-state index contributed by atoms with van der Waals surface area (Å²) in [6.07, 6.45) is 13.0. The van der Waals surface area contributed by atoms with E-state index in [0.717, 1.165) is 60.1 Å². The lowest BCUT2D eigenvalue weighted by Crippen LogP contribution is -2.22. The van der Waals surface area contributed by atoms with Crippen molar-refractivity contribution in [2.75, 3.05) is 0 Å². The molecule has 0 nitrogen and oxygen atoms in total. The van der Waals surface area contributed by atoms with Gasteiger partial charge in [-0.15, -0.1) is 0 Å². The molecule has 2 heteroatoms. The molecule has 1 unspecified atom stereocenters. The Bertz CT molecular complexity index is 596. The molecule has 0 radical (unpaired) electrons. The molecule has 1 atom stereocenters. The molecule has 2 aliphatic carbocycles. The zero-order valence-corrected chi connectivity index (χ0v) is 15.8. The van der Waals surface area contributed by atoms with E-state index in [4.69, 9.17) is 11.6 Å². The van der Waals surface area contributed by atoms with Gasteiger partial charge in [-0.2, -0.15) is 0 Å². The molecule has 0 aromatic heterocycles. The standard InChI is InChI=1S/C22H30ClF/c1-3-4-19-13-14-20(22(24)21(19)23)18-11-9-17(10-12-18)16-7-5-15(2)6-8-16/h11,13-17H,3-10,12H2,1-2H3. The fourth-order valence-corrected chi connectivity index (χ4v) is 4.84. The Morgan fingerprint density at radius 1 is 1.08 bits per heavy atom. The maximum Gasteiger partial charge on any atom is 0.149 e. The van der Waals surface area contributed by atoms with Gasteiger partial charge in [0.25, 0.3) is 0 Å². The van der Waals surface area contributed by atoms with Crippen molar-refractivity contribution in [3.05, 3.63) is 40.2 Å². The average molecular weight is 349 g/mol. The maximum atomic E-state index is 14.7. The Morgan fingerprint density at radius 2 is 1.83 bits per heavy atom. The summed E-state index contributed by atoms with van der Waals surface area (Å²) < 4.78 is 14.7. The first-order valence-corrected chi connectivity index (χ1v) is 10.1. The largest absolute Gasteiger partial charge is 0.205 e. The van der Waals surface area contributed by atoms with Gasteiger partial charge in [-0.1, -0.05) is 62.9 Å². The van der Waals surface area contributed by atoms with Gasteiger partial charge in [-0.25, -0.2) is 4.39 Å². The lowest BCUT2D eigenvalue weighted by atomic mass is 9.71. The zero-order chi connectivity index (χ0) is 17.1.